The maximum atomic E-state index is 12.2. The molecule has 0 fully saturated rings. The SMILES string of the molecule is CCCCN(CCO)C(=O)CC(C)CC(C)(C)C. The number of nitrogens with zero attached hydrogens (tertiary/aromatic N) is 1. The summed E-state index contributed by atoms with van der Waals surface area (Å²) in [6, 6.07) is 0. The van der Waals surface area contributed by atoms with Crippen LogP contribution in [-0.4, -0.2) is 35.6 Å². The molecule has 18 heavy (non-hydrogen) atoms. The lowest BCUT2D eigenvalue weighted by atomic mass is 9.84. The molecule has 0 aromatic carbocycles. The van der Waals surface area contributed by atoms with Crippen molar-refractivity contribution in [1.29, 1.82) is 0 Å². The Balaban J connectivity index is 4.23. The number of unbranched alkanes of at least 4 members (excludes halogenated alkanes) is 1. The summed E-state index contributed by atoms with van der Waals surface area (Å²) in [7, 11) is 0. The van der Waals surface area contributed by atoms with Crippen molar-refractivity contribution in [1.82, 2.24) is 4.90 Å². The Hall–Kier alpha value is -0.570. The van der Waals surface area contributed by atoms with Crippen molar-refractivity contribution in [2.45, 2.75) is 60.3 Å². The summed E-state index contributed by atoms with van der Waals surface area (Å²) >= 11 is 0. The third-order valence-corrected chi connectivity index (χ3v) is 2.99. The van der Waals surface area contributed by atoms with E-state index in [0.717, 1.165) is 25.8 Å². The van der Waals surface area contributed by atoms with Crippen LogP contribution in [0.2, 0.25) is 0 Å². The van der Waals surface area contributed by atoms with E-state index >= 15 is 0 Å². The molecule has 1 N–H and O–H groups in total. The van der Waals surface area contributed by atoms with Gasteiger partial charge >= 0.3 is 0 Å². The molecular formula is C15H31NO2. The predicted octanol–water partition coefficient (Wildman–Crippen LogP) is 3.07. The molecule has 0 radical (unpaired) electrons. The minimum Gasteiger partial charge on any atom is -0.395 e. The van der Waals surface area contributed by atoms with Gasteiger partial charge in [-0.3, -0.25) is 4.79 Å². The number of aliphatic hydroxyl groups excluding tert-OH is 1. The van der Waals surface area contributed by atoms with Crippen molar-refractivity contribution < 1.29 is 9.90 Å². The predicted molar refractivity (Wildman–Crippen MR) is 76.4 cm³/mol. The number of carbonyl (C=O) groups is 1. The van der Waals surface area contributed by atoms with Gasteiger partial charge in [-0.25, -0.2) is 0 Å². The van der Waals surface area contributed by atoms with Gasteiger partial charge in [0.25, 0.3) is 0 Å². The number of hydrogen-bond donors (Lipinski definition) is 1. The third-order valence-electron chi connectivity index (χ3n) is 2.99. The third kappa shape index (κ3) is 8.51. The first-order valence-electron chi connectivity index (χ1n) is 7.18. The Morgan fingerprint density at radius 3 is 2.33 bits per heavy atom. The summed E-state index contributed by atoms with van der Waals surface area (Å²) in [4.78, 5) is 14.0. The normalized spacial score (nSPS) is 13.4. The summed E-state index contributed by atoms with van der Waals surface area (Å²) in [6.45, 7) is 12.2. The van der Waals surface area contributed by atoms with Crippen LogP contribution in [-0.2, 0) is 4.79 Å². The van der Waals surface area contributed by atoms with Crippen molar-refractivity contribution in [3.63, 3.8) is 0 Å². The first-order valence-corrected chi connectivity index (χ1v) is 7.18. The van der Waals surface area contributed by atoms with Gasteiger partial charge in [-0.05, 0) is 24.2 Å². The lowest BCUT2D eigenvalue weighted by Crippen LogP contribution is -2.35. The molecule has 1 atom stereocenters. The molecule has 1 unspecified atom stereocenters. The number of rotatable bonds is 8. The highest BCUT2D eigenvalue weighted by molar-refractivity contribution is 5.76. The fourth-order valence-corrected chi connectivity index (χ4v) is 2.38. The van der Waals surface area contributed by atoms with E-state index < -0.39 is 0 Å². The molecule has 0 aliphatic rings. The molecule has 0 aromatic heterocycles. The topological polar surface area (TPSA) is 40.5 Å². The zero-order valence-electron chi connectivity index (χ0n) is 12.8. The standard InChI is InChI=1S/C15H31NO2/c1-6-7-8-16(9-10-17)14(18)11-13(2)12-15(3,4)5/h13,17H,6-12H2,1-5H3. The number of hydrogen-bond acceptors (Lipinski definition) is 2. The minimum atomic E-state index is 0.0586. The van der Waals surface area contributed by atoms with E-state index in [9.17, 15) is 4.79 Å². The maximum Gasteiger partial charge on any atom is 0.222 e. The molecule has 0 saturated carbocycles. The van der Waals surface area contributed by atoms with Crippen LogP contribution >= 0.6 is 0 Å². The number of carbonyl (C=O) groups excluding carboxylic acids is 1. The molecule has 108 valence electrons. The van der Waals surface area contributed by atoms with Crippen LogP contribution in [0.5, 0.6) is 0 Å². The highest BCUT2D eigenvalue weighted by Crippen LogP contribution is 2.26. The van der Waals surface area contributed by atoms with E-state index in [-0.39, 0.29) is 17.9 Å². The fourth-order valence-electron chi connectivity index (χ4n) is 2.38. The smallest absolute Gasteiger partial charge is 0.222 e. The zero-order valence-corrected chi connectivity index (χ0v) is 12.8. The van der Waals surface area contributed by atoms with Crippen molar-refractivity contribution in [2.75, 3.05) is 19.7 Å². The Bertz CT molecular complexity index is 233. The van der Waals surface area contributed by atoms with Gasteiger partial charge in [-0.2, -0.15) is 0 Å². The molecule has 0 heterocycles. The van der Waals surface area contributed by atoms with Crippen LogP contribution in [0.25, 0.3) is 0 Å². The van der Waals surface area contributed by atoms with Crippen molar-refractivity contribution in [2.24, 2.45) is 11.3 Å². The van der Waals surface area contributed by atoms with E-state index in [1.165, 1.54) is 0 Å². The van der Waals surface area contributed by atoms with Crippen LogP contribution in [0.3, 0.4) is 0 Å². The van der Waals surface area contributed by atoms with E-state index in [1.54, 1.807) is 0 Å². The lowest BCUT2D eigenvalue weighted by Gasteiger charge is -2.26. The number of amides is 1. The van der Waals surface area contributed by atoms with Crippen molar-refractivity contribution in [3.05, 3.63) is 0 Å². The molecule has 3 nitrogen and oxygen atoms in total. The molecule has 0 aliphatic heterocycles. The maximum absolute atomic E-state index is 12.2. The summed E-state index contributed by atoms with van der Waals surface area (Å²) in [5.74, 6) is 0.592. The molecule has 0 bridgehead atoms. The van der Waals surface area contributed by atoms with Gasteiger partial charge < -0.3 is 10.0 Å². The Kier molecular flexibility index (Phi) is 8.25. The highest BCUT2D eigenvalue weighted by Gasteiger charge is 2.20. The summed E-state index contributed by atoms with van der Waals surface area (Å²) in [6.07, 6.45) is 3.74. The molecule has 0 aliphatic carbocycles. The number of aliphatic hydroxyl groups is 1. The van der Waals surface area contributed by atoms with E-state index in [2.05, 4.69) is 34.6 Å². The first kappa shape index (κ1) is 17.4. The summed E-state index contributed by atoms with van der Waals surface area (Å²) in [5.41, 5.74) is 0.269. The molecule has 0 saturated heterocycles. The van der Waals surface area contributed by atoms with Crippen LogP contribution in [0, 0.1) is 11.3 Å². The van der Waals surface area contributed by atoms with Gasteiger partial charge in [-0.1, -0.05) is 41.0 Å². The quantitative estimate of drug-likeness (QED) is 0.726. The van der Waals surface area contributed by atoms with Crippen LogP contribution in [0.1, 0.15) is 60.3 Å². The largest absolute Gasteiger partial charge is 0.395 e. The van der Waals surface area contributed by atoms with Gasteiger partial charge in [0.05, 0.1) is 6.61 Å². The Morgan fingerprint density at radius 2 is 1.89 bits per heavy atom. The molecule has 3 heteroatoms. The summed E-state index contributed by atoms with van der Waals surface area (Å²) in [5, 5.41) is 9.01. The second kappa shape index (κ2) is 8.52. The molecule has 0 aromatic rings. The first-order chi connectivity index (χ1) is 8.30. The van der Waals surface area contributed by atoms with Gasteiger partial charge in [0, 0.05) is 19.5 Å². The van der Waals surface area contributed by atoms with Gasteiger partial charge in [0.1, 0.15) is 0 Å². The van der Waals surface area contributed by atoms with Gasteiger partial charge in [0.15, 0.2) is 0 Å². The Morgan fingerprint density at radius 1 is 1.28 bits per heavy atom. The average Bonchev–Trinajstić information content (AvgIpc) is 2.21. The zero-order chi connectivity index (χ0) is 14.2. The highest BCUT2D eigenvalue weighted by atomic mass is 16.3. The van der Waals surface area contributed by atoms with E-state index in [4.69, 9.17) is 5.11 Å². The van der Waals surface area contributed by atoms with E-state index in [1.807, 2.05) is 4.90 Å². The van der Waals surface area contributed by atoms with E-state index in [0.29, 0.717) is 18.9 Å². The minimum absolute atomic E-state index is 0.0586. The van der Waals surface area contributed by atoms with Crippen LogP contribution in [0.15, 0.2) is 0 Å². The summed E-state index contributed by atoms with van der Waals surface area (Å²) < 4.78 is 0. The second-order valence-corrected chi connectivity index (χ2v) is 6.53. The fraction of sp³-hybridized carbons (Fsp3) is 0.933. The van der Waals surface area contributed by atoms with Crippen molar-refractivity contribution in [3.8, 4) is 0 Å². The van der Waals surface area contributed by atoms with Gasteiger partial charge in [-0.15, -0.1) is 0 Å². The second-order valence-electron chi connectivity index (χ2n) is 6.53. The molecule has 0 spiro atoms. The molecule has 1 amide bonds. The van der Waals surface area contributed by atoms with Crippen molar-refractivity contribution >= 4 is 5.91 Å². The molecule has 0 rings (SSSR count). The van der Waals surface area contributed by atoms with Gasteiger partial charge in [0.2, 0.25) is 5.91 Å². The van der Waals surface area contributed by atoms with Crippen LogP contribution < -0.4 is 0 Å². The Labute approximate surface area is 113 Å². The lowest BCUT2D eigenvalue weighted by molar-refractivity contribution is -0.132. The average molecular weight is 257 g/mol. The monoisotopic (exact) mass is 257 g/mol. The van der Waals surface area contributed by atoms with Crippen LogP contribution in [0.4, 0.5) is 0 Å². The molecular weight excluding hydrogens is 226 g/mol.